The molecule has 5 nitrogen and oxygen atoms in total. The predicted octanol–water partition coefficient (Wildman–Crippen LogP) is 5.72. The number of nitrogens with zero attached hydrogens (tertiary/aromatic N) is 1. The van der Waals surface area contributed by atoms with Crippen molar-refractivity contribution in [2.45, 2.75) is 50.5 Å². The molecule has 0 bridgehead atoms. The monoisotopic (exact) mass is 463 g/mol. The number of phenolic OH excluding ortho intramolecular Hbond substituents is 2. The lowest BCUT2D eigenvalue weighted by Gasteiger charge is -2.34. The van der Waals surface area contributed by atoms with Gasteiger partial charge in [0.05, 0.1) is 0 Å². The first-order chi connectivity index (χ1) is 16.5. The molecule has 3 aromatic carbocycles. The molecule has 4 unspecified atom stereocenters. The van der Waals surface area contributed by atoms with Crippen LogP contribution in [0.4, 0.5) is 4.39 Å². The number of fused-ring (bicyclic) bond motifs is 1. The van der Waals surface area contributed by atoms with Gasteiger partial charge in [-0.05, 0) is 73.2 Å². The van der Waals surface area contributed by atoms with E-state index in [1.165, 1.54) is 0 Å². The largest absolute Gasteiger partial charge is 0.508 e. The molecule has 0 aliphatic carbocycles. The highest BCUT2D eigenvalue weighted by Gasteiger charge is 2.33. The Morgan fingerprint density at radius 1 is 1.03 bits per heavy atom. The van der Waals surface area contributed by atoms with Crippen molar-refractivity contribution in [3.63, 3.8) is 0 Å². The van der Waals surface area contributed by atoms with Gasteiger partial charge in [0.15, 0.2) is 6.30 Å². The Labute approximate surface area is 199 Å². The van der Waals surface area contributed by atoms with Crippen LogP contribution in [0.5, 0.6) is 23.0 Å². The van der Waals surface area contributed by atoms with Gasteiger partial charge in [-0.3, -0.25) is 4.90 Å². The van der Waals surface area contributed by atoms with E-state index >= 15 is 0 Å². The zero-order chi connectivity index (χ0) is 23.7. The van der Waals surface area contributed by atoms with Crippen molar-refractivity contribution in [2.24, 2.45) is 0 Å². The second-order valence-electron chi connectivity index (χ2n) is 9.28. The van der Waals surface area contributed by atoms with Gasteiger partial charge in [0.1, 0.15) is 35.7 Å². The quantitative estimate of drug-likeness (QED) is 0.458. The Hall–Kier alpha value is -3.25. The van der Waals surface area contributed by atoms with Crippen LogP contribution in [0.3, 0.4) is 0 Å². The zero-order valence-corrected chi connectivity index (χ0v) is 19.2. The SMILES string of the molecule is CC(COc1ccc(C2Cc3ccc(O)cc3OC2c2cccc(O)c2)cc1)N1CCCC1F. The number of rotatable bonds is 6. The molecule has 2 heterocycles. The summed E-state index contributed by atoms with van der Waals surface area (Å²) in [6, 6.07) is 20.3. The van der Waals surface area contributed by atoms with Gasteiger partial charge < -0.3 is 19.7 Å². The minimum atomic E-state index is -0.869. The van der Waals surface area contributed by atoms with Crippen LogP contribution in [0.2, 0.25) is 0 Å². The molecule has 4 atom stereocenters. The van der Waals surface area contributed by atoms with E-state index in [4.69, 9.17) is 9.47 Å². The molecule has 1 saturated heterocycles. The lowest BCUT2D eigenvalue weighted by molar-refractivity contribution is 0.0641. The van der Waals surface area contributed by atoms with E-state index in [0.29, 0.717) is 18.8 Å². The van der Waals surface area contributed by atoms with E-state index in [1.807, 2.05) is 54.3 Å². The van der Waals surface area contributed by atoms with Gasteiger partial charge in [-0.25, -0.2) is 4.39 Å². The van der Waals surface area contributed by atoms with E-state index in [2.05, 4.69) is 0 Å². The predicted molar refractivity (Wildman–Crippen MR) is 128 cm³/mol. The van der Waals surface area contributed by atoms with Gasteiger partial charge in [-0.1, -0.05) is 30.3 Å². The number of alkyl halides is 1. The summed E-state index contributed by atoms with van der Waals surface area (Å²) in [5.41, 5.74) is 3.00. The minimum Gasteiger partial charge on any atom is -0.508 e. The Balaban J connectivity index is 1.35. The molecule has 0 spiro atoms. The molecule has 34 heavy (non-hydrogen) atoms. The summed E-state index contributed by atoms with van der Waals surface area (Å²) in [7, 11) is 0. The number of likely N-dealkylation sites (tertiary alicyclic amines) is 1. The number of halogens is 1. The third-order valence-corrected chi connectivity index (χ3v) is 6.89. The number of benzene rings is 3. The molecule has 6 heteroatoms. The van der Waals surface area contributed by atoms with Crippen molar-refractivity contribution >= 4 is 0 Å². The highest BCUT2D eigenvalue weighted by atomic mass is 19.1. The highest BCUT2D eigenvalue weighted by Crippen LogP contribution is 2.45. The molecule has 2 aliphatic rings. The van der Waals surface area contributed by atoms with Gasteiger partial charge in [0.25, 0.3) is 0 Å². The van der Waals surface area contributed by atoms with Crippen LogP contribution >= 0.6 is 0 Å². The minimum absolute atomic E-state index is 0.0173. The Kier molecular flexibility index (Phi) is 6.33. The van der Waals surface area contributed by atoms with Crippen LogP contribution in [0.1, 0.15) is 48.5 Å². The number of phenols is 2. The molecular weight excluding hydrogens is 433 g/mol. The van der Waals surface area contributed by atoms with Crippen molar-refractivity contribution in [3.05, 3.63) is 83.4 Å². The standard InChI is InChI=1S/C28H30FNO4/c1-18(30-13-3-6-27(30)29)17-33-24-11-8-19(9-12-24)25-15-20-7-10-23(32)16-26(20)34-28(25)21-4-2-5-22(31)14-21/h2,4-5,7-12,14,16,18,25,27-28,31-32H,3,6,13,15,17H2,1H3. The molecule has 178 valence electrons. The van der Waals surface area contributed by atoms with E-state index in [1.54, 1.807) is 24.3 Å². The van der Waals surface area contributed by atoms with Crippen LogP contribution < -0.4 is 9.47 Å². The van der Waals surface area contributed by atoms with Crippen molar-refractivity contribution in [2.75, 3.05) is 13.2 Å². The Morgan fingerprint density at radius 2 is 1.82 bits per heavy atom. The molecule has 5 rings (SSSR count). The highest BCUT2D eigenvalue weighted by molar-refractivity contribution is 5.46. The second-order valence-corrected chi connectivity index (χ2v) is 9.28. The molecule has 3 aromatic rings. The average molecular weight is 464 g/mol. The smallest absolute Gasteiger partial charge is 0.154 e. The van der Waals surface area contributed by atoms with Crippen molar-refractivity contribution in [1.29, 1.82) is 0 Å². The maximum Gasteiger partial charge on any atom is 0.154 e. The van der Waals surface area contributed by atoms with Crippen molar-refractivity contribution < 1.29 is 24.1 Å². The second kappa shape index (κ2) is 9.55. The average Bonchev–Trinajstić information content (AvgIpc) is 3.28. The lowest BCUT2D eigenvalue weighted by atomic mass is 9.82. The lowest BCUT2D eigenvalue weighted by Crippen LogP contribution is -2.38. The zero-order valence-electron chi connectivity index (χ0n) is 19.2. The third-order valence-electron chi connectivity index (χ3n) is 6.89. The summed E-state index contributed by atoms with van der Waals surface area (Å²) < 4.78 is 26.3. The number of hydrogen-bond acceptors (Lipinski definition) is 5. The fourth-order valence-electron chi connectivity index (χ4n) is 5.05. The van der Waals surface area contributed by atoms with Gasteiger partial charge in [0, 0.05) is 24.6 Å². The molecule has 0 radical (unpaired) electrons. The summed E-state index contributed by atoms with van der Waals surface area (Å²) >= 11 is 0. The summed E-state index contributed by atoms with van der Waals surface area (Å²) in [6.45, 7) is 3.22. The third kappa shape index (κ3) is 4.68. The van der Waals surface area contributed by atoms with Gasteiger partial charge >= 0.3 is 0 Å². The Bertz CT molecular complexity index is 1140. The van der Waals surface area contributed by atoms with E-state index in [0.717, 1.165) is 41.8 Å². The molecule has 0 saturated carbocycles. The summed E-state index contributed by atoms with van der Waals surface area (Å²) in [4.78, 5) is 1.86. The molecule has 2 aliphatic heterocycles. The first-order valence-electron chi connectivity index (χ1n) is 11.9. The number of ether oxygens (including phenoxy) is 2. The van der Waals surface area contributed by atoms with Crippen LogP contribution in [0.15, 0.2) is 66.7 Å². The molecule has 1 fully saturated rings. The fraction of sp³-hybridized carbons (Fsp3) is 0.357. The topological polar surface area (TPSA) is 62.2 Å². The maximum atomic E-state index is 14.0. The first kappa shape index (κ1) is 22.5. The first-order valence-corrected chi connectivity index (χ1v) is 11.9. The Morgan fingerprint density at radius 3 is 2.56 bits per heavy atom. The van der Waals surface area contributed by atoms with E-state index < -0.39 is 6.30 Å². The molecular formula is C28H30FNO4. The molecule has 2 N–H and O–H groups in total. The fourth-order valence-corrected chi connectivity index (χ4v) is 5.05. The summed E-state index contributed by atoms with van der Waals surface area (Å²) in [5, 5.41) is 20.0. The summed E-state index contributed by atoms with van der Waals surface area (Å²) in [6.07, 6.45) is 1.05. The van der Waals surface area contributed by atoms with E-state index in [9.17, 15) is 14.6 Å². The van der Waals surface area contributed by atoms with E-state index in [-0.39, 0.29) is 29.6 Å². The van der Waals surface area contributed by atoms with Crippen LogP contribution in [-0.2, 0) is 6.42 Å². The van der Waals surface area contributed by atoms with Gasteiger partial charge in [-0.2, -0.15) is 0 Å². The van der Waals surface area contributed by atoms with Crippen LogP contribution in [0, 0.1) is 0 Å². The van der Waals surface area contributed by atoms with Gasteiger partial charge in [0.2, 0.25) is 0 Å². The number of aromatic hydroxyl groups is 2. The van der Waals surface area contributed by atoms with Crippen LogP contribution in [-0.4, -0.2) is 40.6 Å². The normalized spacial score (nSPS) is 23.2. The van der Waals surface area contributed by atoms with Gasteiger partial charge in [-0.15, -0.1) is 0 Å². The van der Waals surface area contributed by atoms with Crippen LogP contribution in [0.25, 0.3) is 0 Å². The summed E-state index contributed by atoms with van der Waals surface area (Å²) in [5.74, 6) is 1.78. The molecule has 0 amide bonds. The van der Waals surface area contributed by atoms with Crippen molar-refractivity contribution in [1.82, 2.24) is 4.90 Å². The number of hydrogen-bond donors (Lipinski definition) is 2. The van der Waals surface area contributed by atoms with Crippen molar-refractivity contribution in [3.8, 4) is 23.0 Å². The maximum absolute atomic E-state index is 14.0. The molecule has 0 aromatic heterocycles.